The molecule has 4 aromatic rings. The molecular weight excluding hydrogens is 396 g/mol. The van der Waals surface area contributed by atoms with E-state index in [-0.39, 0.29) is 5.91 Å². The van der Waals surface area contributed by atoms with Crippen LogP contribution < -0.4 is 5.32 Å². The molecule has 0 unspecified atom stereocenters. The van der Waals surface area contributed by atoms with Crippen molar-refractivity contribution in [2.75, 3.05) is 5.32 Å². The molecule has 5 rings (SSSR count). The molecular formula is C24H20N2OS2. The maximum atomic E-state index is 13.1. The van der Waals surface area contributed by atoms with Crippen LogP contribution in [-0.4, -0.2) is 10.9 Å². The van der Waals surface area contributed by atoms with Crippen molar-refractivity contribution in [3.8, 4) is 0 Å². The smallest absolute Gasteiger partial charge is 0.256 e. The Kier molecular flexibility index (Phi) is 4.86. The Morgan fingerprint density at radius 1 is 1.07 bits per heavy atom. The molecule has 29 heavy (non-hydrogen) atoms. The van der Waals surface area contributed by atoms with Gasteiger partial charge in [0.2, 0.25) is 0 Å². The minimum absolute atomic E-state index is 0.0683. The van der Waals surface area contributed by atoms with Crippen LogP contribution in [0.15, 0.2) is 64.9 Å². The molecule has 0 bridgehead atoms. The molecule has 0 aliphatic heterocycles. The topological polar surface area (TPSA) is 42.0 Å². The van der Waals surface area contributed by atoms with Crippen LogP contribution in [0.2, 0.25) is 0 Å². The van der Waals surface area contributed by atoms with Crippen LogP contribution >= 0.6 is 23.1 Å². The SMILES string of the molecule is Cc1nc(CSc2ccccc2C(=O)Nc2ccc3c4c(cccc24)CC3)cs1. The Labute approximate surface area is 178 Å². The van der Waals surface area contributed by atoms with Crippen molar-refractivity contribution in [3.05, 3.63) is 87.4 Å². The van der Waals surface area contributed by atoms with Gasteiger partial charge in [0.1, 0.15) is 0 Å². The van der Waals surface area contributed by atoms with Gasteiger partial charge in [-0.2, -0.15) is 0 Å². The molecule has 0 spiro atoms. The molecule has 1 heterocycles. The van der Waals surface area contributed by atoms with Crippen LogP contribution in [0.5, 0.6) is 0 Å². The van der Waals surface area contributed by atoms with Crippen LogP contribution in [0, 0.1) is 6.92 Å². The maximum absolute atomic E-state index is 13.1. The molecule has 0 saturated heterocycles. The van der Waals surface area contributed by atoms with Crippen molar-refractivity contribution in [2.24, 2.45) is 0 Å². The molecule has 0 atom stereocenters. The molecule has 5 heteroatoms. The van der Waals surface area contributed by atoms with E-state index in [0.717, 1.165) is 45.3 Å². The van der Waals surface area contributed by atoms with E-state index in [9.17, 15) is 4.79 Å². The van der Waals surface area contributed by atoms with Crippen molar-refractivity contribution in [3.63, 3.8) is 0 Å². The molecule has 1 aromatic heterocycles. The summed E-state index contributed by atoms with van der Waals surface area (Å²) in [5.74, 6) is 0.691. The number of rotatable bonds is 5. The summed E-state index contributed by atoms with van der Waals surface area (Å²) in [6, 6.07) is 18.4. The van der Waals surface area contributed by atoms with Crippen LogP contribution in [0.25, 0.3) is 10.8 Å². The third-order valence-electron chi connectivity index (χ3n) is 5.30. The zero-order chi connectivity index (χ0) is 19.8. The lowest BCUT2D eigenvalue weighted by molar-refractivity contribution is 0.102. The number of hydrogen-bond donors (Lipinski definition) is 1. The van der Waals surface area contributed by atoms with E-state index in [1.54, 1.807) is 23.1 Å². The van der Waals surface area contributed by atoms with E-state index in [4.69, 9.17) is 0 Å². The zero-order valence-electron chi connectivity index (χ0n) is 16.1. The minimum Gasteiger partial charge on any atom is -0.321 e. The standard InChI is InChI=1S/C24H20N2OS2/c1-15-25-18(13-28-15)14-29-22-8-3-2-6-20(22)24(27)26-21-12-11-17-10-9-16-5-4-7-19(21)23(16)17/h2-8,11-13H,9-10,14H2,1H3,(H,26,27). The summed E-state index contributed by atoms with van der Waals surface area (Å²) in [4.78, 5) is 18.6. The molecule has 3 aromatic carbocycles. The largest absolute Gasteiger partial charge is 0.321 e. The van der Waals surface area contributed by atoms with Gasteiger partial charge in [-0.3, -0.25) is 4.79 Å². The van der Waals surface area contributed by atoms with Crippen molar-refractivity contribution < 1.29 is 4.79 Å². The number of thiazole rings is 1. The molecule has 1 N–H and O–H groups in total. The van der Waals surface area contributed by atoms with Gasteiger partial charge in [-0.1, -0.05) is 36.4 Å². The number of aromatic nitrogens is 1. The van der Waals surface area contributed by atoms with Crippen molar-refractivity contribution >= 4 is 45.5 Å². The normalized spacial score (nSPS) is 12.4. The Morgan fingerprint density at radius 3 is 2.72 bits per heavy atom. The number of hydrogen-bond acceptors (Lipinski definition) is 4. The van der Waals surface area contributed by atoms with Crippen LogP contribution in [0.3, 0.4) is 0 Å². The average molecular weight is 417 g/mol. The Hall–Kier alpha value is -2.63. The van der Waals surface area contributed by atoms with Crippen molar-refractivity contribution in [1.29, 1.82) is 0 Å². The average Bonchev–Trinajstić information content (AvgIpc) is 3.36. The van der Waals surface area contributed by atoms with Gasteiger partial charge >= 0.3 is 0 Å². The number of anilines is 1. The van der Waals surface area contributed by atoms with Crippen LogP contribution in [0.1, 0.15) is 32.2 Å². The molecule has 1 amide bonds. The van der Waals surface area contributed by atoms with Gasteiger partial charge in [-0.25, -0.2) is 4.98 Å². The molecule has 0 fully saturated rings. The Balaban J connectivity index is 1.41. The van der Waals surface area contributed by atoms with Crippen molar-refractivity contribution in [1.82, 2.24) is 4.98 Å². The number of carbonyl (C=O) groups excluding carboxylic acids is 1. The molecule has 0 radical (unpaired) electrons. The van der Waals surface area contributed by atoms with E-state index < -0.39 is 0 Å². The molecule has 3 nitrogen and oxygen atoms in total. The van der Waals surface area contributed by atoms with Crippen LogP contribution in [-0.2, 0) is 18.6 Å². The van der Waals surface area contributed by atoms with E-state index in [0.29, 0.717) is 5.56 Å². The zero-order valence-corrected chi connectivity index (χ0v) is 17.7. The van der Waals surface area contributed by atoms with Gasteiger partial charge in [0, 0.05) is 27.1 Å². The fourth-order valence-corrected chi connectivity index (χ4v) is 5.61. The molecule has 1 aliphatic rings. The first-order chi connectivity index (χ1) is 14.2. The monoisotopic (exact) mass is 416 g/mol. The molecule has 1 aliphatic carbocycles. The lowest BCUT2D eigenvalue weighted by atomic mass is 10.0. The first-order valence-electron chi connectivity index (χ1n) is 9.67. The number of carbonyl (C=O) groups is 1. The quantitative estimate of drug-likeness (QED) is 0.391. The fourth-order valence-electron chi connectivity index (χ4n) is 3.95. The summed E-state index contributed by atoms with van der Waals surface area (Å²) < 4.78 is 0. The number of aryl methyl sites for hydroxylation is 3. The first-order valence-corrected chi connectivity index (χ1v) is 11.5. The van der Waals surface area contributed by atoms with E-state index in [2.05, 4.69) is 39.9 Å². The molecule has 144 valence electrons. The number of nitrogens with one attached hydrogen (secondary N) is 1. The van der Waals surface area contributed by atoms with Gasteiger partial charge in [0.25, 0.3) is 5.91 Å². The van der Waals surface area contributed by atoms with E-state index >= 15 is 0 Å². The highest BCUT2D eigenvalue weighted by Gasteiger charge is 2.18. The van der Waals surface area contributed by atoms with Gasteiger partial charge < -0.3 is 5.32 Å². The van der Waals surface area contributed by atoms with Crippen LogP contribution in [0.4, 0.5) is 5.69 Å². The number of benzene rings is 3. The number of nitrogens with zero attached hydrogens (tertiary/aromatic N) is 1. The predicted molar refractivity (Wildman–Crippen MR) is 122 cm³/mol. The second-order valence-corrected chi connectivity index (χ2v) is 9.29. The van der Waals surface area contributed by atoms with E-state index in [1.165, 1.54) is 16.5 Å². The van der Waals surface area contributed by atoms with Gasteiger partial charge in [0.05, 0.1) is 16.3 Å². The van der Waals surface area contributed by atoms with E-state index in [1.807, 2.05) is 37.3 Å². The maximum Gasteiger partial charge on any atom is 0.256 e. The van der Waals surface area contributed by atoms with Gasteiger partial charge in [-0.15, -0.1) is 23.1 Å². The molecule has 0 saturated carbocycles. The summed E-state index contributed by atoms with van der Waals surface area (Å²) in [7, 11) is 0. The second kappa shape index (κ2) is 7.65. The summed E-state index contributed by atoms with van der Waals surface area (Å²) >= 11 is 3.31. The highest BCUT2D eigenvalue weighted by Crippen LogP contribution is 2.35. The summed E-state index contributed by atoms with van der Waals surface area (Å²) in [6.45, 7) is 2.01. The first kappa shape index (κ1) is 18.4. The summed E-state index contributed by atoms with van der Waals surface area (Å²) in [5.41, 5.74) is 5.39. The summed E-state index contributed by atoms with van der Waals surface area (Å²) in [6.07, 6.45) is 2.17. The highest BCUT2D eigenvalue weighted by molar-refractivity contribution is 7.98. The lowest BCUT2D eigenvalue weighted by Gasteiger charge is -2.12. The minimum atomic E-state index is -0.0683. The Bertz CT molecular complexity index is 1220. The number of amides is 1. The predicted octanol–water partition coefficient (Wildman–Crippen LogP) is 6.25. The lowest BCUT2D eigenvalue weighted by Crippen LogP contribution is -2.13. The second-order valence-electron chi connectivity index (χ2n) is 7.21. The fraction of sp³-hybridized carbons (Fsp3) is 0.167. The van der Waals surface area contributed by atoms with Gasteiger partial charge in [-0.05, 0) is 54.5 Å². The third kappa shape index (κ3) is 3.56. The van der Waals surface area contributed by atoms with Gasteiger partial charge in [0.15, 0.2) is 0 Å². The highest BCUT2D eigenvalue weighted by atomic mass is 32.2. The third-order valence-corrected chi connectivity index (χ3v) is 7.23. The number of thioether (sulfide) groups is 1. The Morgan fingerprint density at radius 2 is 1.90 bits per heavy atom. The van der Waals surface area contributed by atoms with Crippen molar-refractivity contribution in [2.45, 2.75) is 30.4 Å². The summed E-state index contributed by atoms with van der Waals surface area (Å²) in [5, 5.41) is 8.75.